The van der Waals surface area contributed by atoms with Crippen molar-refractivity contribution in [2.45, 2.75) is 31.6 Å². The maximum absolute atomic E-state index is 12.9. The number of hydrogen-bond acceptors (Lipinski definition) is 4. The molecule has 1 aliphatic rings. The summed E-state index contributed by atoms with van der Waals surface area (Å²) < 4.78 is 31.2. The molecular weight excluding hydrogens is 280 g/mol. The number of rotatable bonds is 4. The van der Waals surface area contributed by atoms with Gasteiger partial charge in [-0.05, 0) is 24.6 Å². The van der Waals surface area contributed by atoms with E-state index in [2.05, 4.69) is 15.5 Å². The average molecular weight is 293 g/mol. The maximum atomic E-state index is 12.9. The second-order valence-electron chi connectivity index (χ2n) is 5.20. The van der Waals surface area contributed by atoms with Crippen LogP contribution in [0.1, 0.15) is 30.2 Å². The lowest BCUT2D eigenvalue weighted by atomic mass is 9.81. The molecule has 0 unspecified atom stereocenters. The molecule has 5 nitrogen and oxygen atoms in total. The highest BCUT2D eigenvalue weighted by molar-refractivity contribution is 5.76. The van der Waals surface area contributed by atoms with Gasteiger partial charge in [-0.1, -0.05) is 6.07 Å². The normalized spacial score (nSPS) is 17.3. The maximum Gasteiger partial charge on any atom is 0.249 e. The summed E-state index contributed by atoms with van der Waals surface area (Å²) in [6.07, 6.45) is 0.0861. The molecule has 0 bridgehead atoms. The Morgan fingerprint density at radius 2 is 2.14 bits per heavy atom. The Bertz CT molecular complexity index is 677. The number of anilines is 1. The molecule has 0 saturated heterocycles. The molecule has 3 rings (SSSR count). The minimum atomic E-state index is -2.62. The van der Waals surface area contributed by atoms with Gasteiger partial charge in [0.25, 0.3) is 0 Å². The number of benzene rings is 1. The SMILES string of the molecule is Cc1ccc(-c2nnc(C3CC(F)(F)C3)o2)cc1NC=O. The number of nitrogens with zero attached hydrogens (tertiary/aromatic N) is 2. The summed E-state index contributed by atoms with van der Waals surface area (Å²) in [5.41, 5.74) is 2.16. The standard InChI is InChI=1S/C14H13F2N3O2/c1-8-2-3-9(4-11(8)17-7-20)12-18-19-13(21-12)10-5-14(15,16)6-10/h2-4,7,10H,5-6H2,1H3,(H,17,20). The smallest absolute Gasteiger partial charge is 0.249 e. The molecule has 7 heteroatoms. The summed E-state index contributed by atoms with van der Waals surface area (Å²) in [7, 11) is 0. The van der Waals surface area contributed by atoms with Crippen LogP contribution in [0, 0.1) is 6.92 Å². The first-order valence-electron chi connectivity index (χ1n) is 6.51. The molecular formula is C14H13F2N3O2. The van der Waals surface area contributed by atoms with Gasteiger partial charge in [0, 0.05) is 30.0 Å². The summed E-state index contributed by atoms with van der Waals surface area (Å²) in [6.45, 7) is 1.85. The van der Waals surface area contributed by atoms with Crippen LogP contribution in [0.25, 0.3) is 11.5 Å². The van der Waals surface area contributed by atoms with Gasteiger partial charge in [0.2, 0.25) is 24.1 Å². The molecule has 1 N–H and O–H groups in total. The van der Waals surface area contributed by atoms with Gasteiger partial charge >= 0.3 is 0 Å². The molecule has 1 amide bonds. The van der Waals surface area contributed by atoms with Gasteiger partial charge in [-0.15, -0.1) is 10.2 Å². The highest BCUT2D eigenvalue weighted by atomic mass is 19.3. The number of alkyl halides is 2. The van der Waals surface area contributed by atoms with E-state index in [0.717, 1.165) is 5.56 Å². The summed E-state index contributed by atoms with van der Waals surface area (Å²) in [4.78, 5) is 10.5. The van der Waals surface area contributed by atoms with Crippen molar-refractivity contribution in [1.29, 1.82) is 0 Å². The second kappa shape index (κ2) is 4.91. The van der Waals surface area contributed by atoms with Crippen LogP contribution in [0.5, 0.6) is 0 Å². The minimum absolute atomic E-state index is 0.237. The fourth-order valence-electron chi connectivity index (χ4n) is 2.33. The van der Waals surface area contributed by atoms with E-state index in [1.165, 1.54) is 0 Å². The largest absolute Gasteiger partial charge is 0.420 e. The molecule has 1 aromatic carbocycles. The van der Waals surface area contributed by atoms with Gasteiger partial charge in [-0.25, -0.2) is 8.78 Å². The van der Waals surface area contributed by atoms with Gasteiger partial charge in [-0.2, -0.15) is 0 Å². The highest BCUT2D eigenvalue weighted by Crippen LogP contribution is 2.48. The lowest BCUT2D eigenvalue weighted by Gasteiger charge is -2.32. The van der Waals surface area contributed by atoms with Crippen molar-refractivity contribution in [2.75, 3.05) is 5.32 Å². The zero-order valence-corrected chi connectivity index (χ0v) is 11.3. The molecule has 0 spiro atoms. The van der Waals surface area contributed by atoms with Crippen molar-refractivity contribution >= 4 is 12.1 Å². The molecule has 0 atom stereocenters. The van der Waals surface area contributed by atoms with E-state index in [1.54, 1.807) is 12.1 Å². The zero-order chi connectivity index (χ0) is 15.0. The number of halogens is 2. The second-order valence-corrected chi connectivity index (χ2v) is 5.20. The van der Waals surface area contributed by atoms with Crippen molar-refractivity contribution in [3.8, 4) is 11.5 Å². The zero-order valence-electron chi connectivity index (χ0n) is 11.3. The van der Waals surface area contributed by atoms with Crippen LogP contribution in [0.3, 0.4) is 0 Å². The molecule has 2 aromatic rings. The molecule has 21 heavy (non-hydrogen) atoms. The molecule has 1 saturated carbocycles. The van der Waals surface area contributed by atoms with Crippen molar-refractivity contribution in [3.63, 3.8) is 0 Å². The van der Waals surface area contributed by atoms with E-state index >= 15 is 0 Å². The third kappa shape index (κ3) is 2.63. The quantitative estimate of drug-likeness (QED) is 0.879. The summed E-state index contributed by atoms with van der Waals surface area (Å²) >= 11 is 0. The molecule has 1 aliphatic carbocycles. The third-order valence-corrected chi connectivity index (χ3v) is 3.58. The topological polar surface area (TPSA) is 68.0 Å². The Morgan fingerprint density at radius 3 is 2.81 bits per heavy atom. The Labute approximate surface area is 119 Å². The summed E-state index contributed by atoms with van der Waals surface area (Å²) in [5, 5.41) is 10.3. The Morgan fingerprint density at radius 1 is 1.38 bits per heavy atom. The summed E-state index contributed by atoms with van der Waals surface area (Å²) in [6, 6.07) is 5.29. The number of carbonyl (C=O) groups is 1. The average Bonchev–Trinajstić information content (AvgIpc) is 2.88. The van der Waals surface area contributed by atoms with Crippen LogP contribution in [-0.4, -0.2) is 22.5 Å². The molecule has 110 valence electrons. The van der Waals surface area contributed by atoms with Crippen LogP contribution in [0.4, 0.5) is 14.5 Å². The number of hydrogen-bond donors (Lipinski definition) is 1. The first-order chi connectivity index (χ1) is 9.98. The Kier molecular flexibility index (Phi) is 3.19. The van der Waals surface area contributed by atoms with Gasteiger partial charge in [0.05, 0.1) is 0 Å². The van der Waals surface area contributed by atoms with E-state index in [9.17, 15) is 13.6 Å². The van der Waals surface area contributed by atoms with Crippen LogP contribution in [0.2, 0.25) is 0 Å². The monoisotopic (exact) mass is 293 g/mol. The predicted molar refractivity (Wildman–Crippen MR) is 71.1 cm³/mol. The summed E-state index contributed by atoms with van der Waals surface area (Å²) in [5.74, 6) is -2.50. The number of aromatic nitrogens is 2. The van der Waals surface area contributed by atoms with Crippen LogP contribution < -0.4 is 5.32 Å². The van der Waals surface area contributed by atoms with E-state index in [-0.39, 0.29) is 30.5 Å². The van der Waals surface area contributed by atoms with Crippen LogP contribution in [0.15, 0.2) is 22.6 Å². The van der Waals surface area contributed by atoms with Crippen molar-refractivity contribution < 1.29 is 18.0 Å². The molecule has 0 radical (unpaired) electrons. The van der Waals surface area contributed by atoms with E-state index in [0.29, 0.717) is 17.7 Å². The lowest BCUT2D eigenvalue weighted by molar-refractivity contribution is -0.105. The highest BCUT2D eigenvalue weighted by Gasteiger charge is 2.48. The number of carbonyl (C=O) groups excluding carboxylic acids is 1. The van der Waals surface area contributed by atoms with Crippen LogP contribution >= 0.6 is 0 Å². The Balaban J connectivity index is 1.83. The minimum Gasteiger partial charge on any atom is -0.420 e. The first-order valence-corrected chi connectivity index (χ1v) is 6.51. The lowest BCUT2D eigenvalue weighted by Crippen LogP contribution is -2.33. The molecule has 0 aliphatic heterocycles. The first kappa shape index (κ1) is 13.7. The van der Waals surface area contributed by atoms with Crippen molar-refractivity contribution in [1.82, 2.24) is 10.2 Å². The van der Waals surface area contributed by atoms with Gasteiger partial charge in [0.1, 0.15) is 0 Å². The number of nitrogens with one attached hydrogen (secondary N) is 1. The molecule has 1 fully saturated rings. The van der Waals surface area contributed by atoms with E-state index < -0.39 is 5.92 Å². The van der Waals surface area contributed by atoms with Crippen LogP contribution in [-0.2, 0) is 4.79 Å². The van der Waals surface area contributed by atoms with E-state index in [4.69, 9.17) is 4.42 Å². The fraction of sp³-hybridized carbons (Fsp3) is 0.357. The number of aryl methyl sites for hydroxylation is 1. The predicted octanol–water partition coefficient (Wildman–Crippen LogP) is 3.13. The molecule has 1 heterocycles. The fourth-order valence-corrected chi connectivity index (χ4v) is 2.33. The third-order valence-electron chi connectivity index (χ3n) is 3.58. The van der Waals surface area contributed by atoms with Crippen molar-refractivity contribution in [3.05, 3.63) is 29.7 Å². The van der Waals surface area contributed by atoms with E-state index in [1.807, 2.05) is 13.0 Å². The van der Waals surface area contributed by atoms with Gasteiger partial charge in [0.15, 0.2) is 0 Å². The van der Waals surface area contributed by atoms with Gasteiger partial charge < -0.3 is 9.73 Å². The molecule has 1 aromatic heterocycles. The van der Waals surface area contributed by atoms with Crippen molar-refractivity contribution in [2.24, 2.45) is 0 Å². The number of amides is 1. The Hall–Kier alpha value is -2.31. The van der Waals surface area contributed by atoms with Gasteiger partial charge in [-0.3, -0.25) is 4.79 Å².